The lowest BCUT2D eigenvalue weighted by Crippen LogP contribution is -2.42. The number of amides is 2. The highest BCUT2D eigenvalue weighted by molar-refractivity contribution is 5.74. The van der Waals surface area contributed by atoms with Gasteiger partial charge in [-0.15, -0.1) is 0 Å². The zero-order valence-corrected chi connectivity index (χ0v) is 10.4. The lowest BCUT2D eigenvalue weighted by Gasteiger charge is -2.12. The SMILES string of the molecule is COc1ccc(CNC(=O)NC2CCOC2)cc1. The van der Waals surface area contributed by atoms with E-state index in [1.165, 1.54) is 0 Å². The standard InChI is InChI=1S/C13H18N2O3/c1-17-12-4-2-10(3-5-12)8-14-13(16)15-11-6-7-18-9-11/h2-5,11H,6-9H2,1H3,(H2,14,15,16). The third kappa shape index (κ3) is 3.63. The largest absolute Gasteiger partial charge is 0.497 e. The first-order valence-corrected chi connectivity index (χ1v) is 6.03. The average molecular weight is 250 g/mol. The van der Waals surface area contributed by atoms with Gasteiger partial charge in [-0.1, -0.05) is 12.1 Å². The van der Waals surface area contributed by atoms with Gasteiger partial charge in [-0.25, -0.2) is 4.79 Å². The van der Waals surface area contributed by atoms with Crippen molar-refractivity contribution in [1.29, 1.82) is 0 Å². The molecule has 0 aliphatic carbocycles. The topological polar surface area (TPSA) is 59.6 Å². The predicted octanol–water partition coefficient (Wildman–Crippen LogP) is 1.28. The molecule has 1 aromatic carbocycles. The summed E-state index contributed by atoms with van der Waals surface area (Å²) in [4.78, 5) is 11.6. The quantitative estimate of drug-likeness (QED) is 0.846. The maximum absolute atomic E-state index is 11.6. The van der Waals surface area contributed by atoms with E-state index in [-0.39, 0.29) is 12.1 Å². The highest BCUT2D eigenvalue weighted by atomic mass is 16.5. The smallest absolute Gasteiger partial charge is 0.315 e. The number of hydrogen-bond acceptors (Lipinski definition) is 3. The predicted molar refractivity (Wildman–Crippen MR) is 67.6 cm³/mol. The molecular formula is C13H18N2O3. The normalized spacial score (nSPS) is 18.4. The van der Waals surface area contributed by atoms with Gasteiger partial charge in [-0.3, -0.25) is 0 Å². The van der Waals surface area contributed by atoms with Crippen molar-refractivity contribution >= 4 is 6.03 Å². The maximum atomic E-state index is 11.6. The Morgan fingerprint density at radius 1 is 1.44 bits per heavy atom. The fraction of sp³-hybridized carbons (Fsp3) is 0.462. The van der Waals surface area contributed by atoms with Crippen LogP contribution in [-0.2, 0) is 11.3 Å². The molecule has 1 aromatic rings. The van der Waals surface area contributed by atoms with Crippen molar-refractivity contribution in [2.24, 2.45) is 0 Å². The number of benzene rings is 1. The summed E-state index contributed by atoms with van der Waals surface area (Å²) in [7, 11) is 1.63. The van der Waals surface area contributed by atoms with E-state index >= 15 is 0 Å². The van der Waals surface area contributed by atoms with Crippen LogP contribution in [0.1, 0.15) is 12.0 Å². The Labute approximate surface area is 106 Å². The summed E-state index contributed by atoms with van der Waals surface area (Å²) in [6.07, 6.45) is 0.885. The molecule has 1 atom stereocenters. The number of carbonyl (C=O) groups excluding carboxylic acids is 1. The molecule has 1 aliphatic heterocycles. The monoisotopic (exact) mass is 250 g/mol. The zero-order valence-electron chi connectivity index (χ0n) is 10.4. The van der Waals surface area contributed by atoms with E-state index < -0.39 is 0 Å². The summed E-state index contributed by atoms with van der Waals surface area (Å²) in [5.74, 6) is 0.811. The number of methoxy groups -OCH3 is 1. The van der Waals surface area contributed by atoms with Crippen LogP contribution in [0.2, 0.25) is 0 Å². The van der Waals surface area contributed by atoms with Crippen molar-refractivity contribution in [2.75, 3.05) is 20.3 Å². The zero-order chi connectivity index (χ0) is 12.8. The van der Waals surface area contributed by atoms with Crippen molar-refractivity contribution in [3.05, 3.63) is 29.8 Å². The molecule has 5 heteroatoms. The molecule has 5 nitrogen and oxygen atoms in total. The first-order chi connectivity index (χ1) is 8.78. The van der Waals surface area contributed by atoms with E-state index in [4.69, 9.17) is 9.47 Å². The average Bonchev–Trinajstić information content (AvgIpc) is 2.90. The molecule has 0 spiro atoms. The molecule has 1 saturated heterocycles. The number of rotatable bonds is 4. The summed E-state index contributed by atoms with van der Waals surface area (Å²) < 4.78 is 10.3. The number of carbonyl (C=O) groups is 1. The van der Waals surface area contributed by atoms with E-state index in [0.29, 0.717) is 13.2 Å². The van der Waals surface area contributed by atoms with Crippen LogP contribution in [-0.4, -0.2) is 32.4 Å². The molecule has 18 heavy (non-hydrogen) atoms. The lowest BCUT2D eigenvalue weighted by atomic mass is 10.2. The van der Waals surface area contributed by atoms with Gasteiger partial charge < -0.3 is 20.1 Å². The molecule has 2 rings (SSSR count). The fourth-order valence-corrected chi connectivity index (χ4v) is 1.81. The van der Waals surface area contributed by atoms with Crippen molar-refractivity contribution < 1.29 is 14.3 Å². The molecule has 2 amide bonds. The van der Waals surface area contributed by atoms with Gasteiger partial charge in [-0.2, -0.15) is 0 Å². The van der Waals surface area contributed by atoms with Crippen molar-refractivity contribution in [3.8, 4) is 5.75 Å². The molecule has 0 saturated carbocycles. The maximum Gasteiger partial charge on any atom is 0.315 e. The van der Waals surface area contributed by atoms with Gasteiger partial charge in [-0.05, 0) is 24.1 Å². The summed E-state index contributed by atoms with van der Waals surface area (Å²) >= 11 is 0. The van der Waals surface area contributed by atoms with Gasteiger partial charge in [0.2, 0.25) is 0 Å². The molecular weight excluding hydrogens is 232 g/mol. The van der Waals surface area contributed by atoms with Gasteiger partial charge in [0.15, 0.2) is 0 Å². The van der Waals surface area contributed by atoms with Crippen LogP contribution in [0.5, 0.6) is 5.75 Å². The summed E-state index contributed by atoms with van der Waals surface area (Å²) in [5, 5.41) is 5.69. The number of nitrogens with one attached hydrogen (secondary N) is 2. The third-order valence-corrected chi connectivity index (χ3v) is 2.88. The molecule has 1 fully saturated rings. The fourth-order valence-electron chi connectivity index (χ4n) is 1.81. The summed E-state index contributed by atoms with van der Waals surface area (Å²) in [6, 6.07) is 7.59. The highest BCUT2D eigenvalue weighted by Crippen LogP contribution is 2.10. The van der Waals surface area contributed by atoms with Crippen molar-refractivity contribution in [1.82, 2.24) is 10.6 Å². The molecule has 98 valence electrons. The molecule has 1 unspecified atom stereocenters. The minimum atomic E-state index is -0.152. The summed E-state index contributed by atoms with van der Waals surface area (Å²) in [6.45, 7) is 1.84. The minimum absolute atomic E-state index is 0.140. The number of hydrogen-bond donors (Lipinski definition) is 2. The third-order valence-electron chi connectivity index (χ3n) is 2.88. The van der Waals surface area contributed by atoms with E-state index in [1.807, 2.05) is 24.3 Å². The minimum Gasteiger partial charge on any atom is -0.497 e. The highest BCUT2D eigenvalue weighted by Gasteiger charge is 2.17. The van der Waals surface area contributed by atoms with Crippen LogP contribution < -0.4 is 15.4 Å². The number of ether oxygens (including phenoxy) is 2. The Morgan fingerprint density at radius 3 is 2.83 bits per heavy atom. The van der Waals surface area contributed by atoms with Crippen LogP contribution in [0, 0.1) is 0 Å². The molecule has 1 aliphatic rings. The molecule has 0 aromatic heterocycles. The summed E-state index contributed by atoms with van der Waals surface area (Å²) in [5.41, 5.74) is 1.04. The van der Waals surface area contributed by atoms with Gasteiger partial charge in [0, 0.05) is 13.2 Å². The Balaban J connectivity index is 1.74. The molecule has 0 radical (unpaired) electrons. The Hall–Kier alpha value is -1.75. The van der Waals surface area contributed by atoms with Gasteiger partial charge in [0.25, 0.3) is 0 Å². The van der Waals surface area contributed by atoms with Crippen LogP contribution >= 0.6 is 0 Å². The van der Waals surface area contributed by atoms with Gasteiger partial charge >= 0.3 is 6.03 Å². The van der Waals surface area contributed by atoms with Crippen LogP contribution in [0.4, 0.5) is 4.79 Å². The molecule has 1 heterocycles. The van der Waals surface area contributed by atoms with Crippen LogP contribution in [0.3, 0.4) is 0 Å². The van der Waals surface area contributed by atoms with E-state index in [2.05, 4.69) is 10.6 Å². The molecule has 0 bridgehead atoms. The van der Waals surface area contributed by atoms with Crippen LogP contribution in [0.15, 0.2) is 24.3 Å². The van der Waals surface area contributed by atoms with Crippen molar-refractivity contribution in [3.63, 3.8) is 0 Å². The Bertz CT molecular complexity index is 386. The second kappa shape index (κ2) is 6.26. The second-order valence-corrected chi connectivity index (χ2v) is 4.24. The first kappa shape index (κ1) is 12.7. The van der Waals surface area contributed by atoms with E-state index in [9.17, 15) is 4.79 Å². The van der Waals surface area contributed by atoms with E-state index in [0.717, 1.165) is 24.3 Å². The van der Waals surface area contributed by atoms with Gasteiger partial charge in [0.1, 0.15) is 5.75 Å². The first-order valence-electron chi connectivity index (χ1n) is 6.03. The van der Waals surface area contributed by atoms with E-state index in [1.54, 1.807) is 7.11 Å². The lowest BCUT2D eigenvalue weighted by molar-refractivity contribution is 0.188. The van der Waals surface area contributed by atoms with Crippen LogP contribution in [0.25, 0.3) is 0 Å². The second-order valence-electron chi connectivity index (χ2n) is 4.24. The Morgan fingerprint density at radius 2 is 2.22 bits per heavy atom. The van der Waals surface area contributed by atoms with Gasteiger partial charge in [0.05, 0.1) is 19.8 Å². The molecule has 2 N–H and O–H groups in total. The number of urea groups is 1. The van der Waals surface area contributed by atoms with Crippen molar-refractivity contribution in [2.45, 2.75) is 19.0 Å². The Kier molecular flexibility index (Phi) is 4.41.